The van der Waals surface area contributed by atoms with Gasteiger partial charge in [-0.05, 0) is 19.4 Å². The molecule has 0 aromatic heterocycles. The van der Waals surface area contributed by atoms with Crippen LogP contribution in [0, 0.1) is 5.92 Å². The van der Waals surface area contributed by atoms with E-state index in [1.165, 1.54) is 7.11 Å². The van der Waals surface area contributed by atoms with Crippen molar-refractivity contribution in [3.8, 4) is 0 Å². The summed E-state index contributed by atoms with van der Waals surface area (Å²) < 4.78 is 4.62. The van der Waals surface area contributed by atoms with Crippen molar-refractivity contribution in [1.82, 2.24) is 0 Å². The summed E-state index contributed by atoms with van der Waals surface area (Å²) in [6, 6.07) is 0. The Morgan fingerprint density at radius 2 is 2.18 bits per heavy atom. The van der Waals surface area contributed by atoms with Crippen molar-refractivity contribution in [2.45, 2.75) is 26.2 Å². The number of ether oxygens (including phenoxy) is 1. The summed E-state index contributed by atoms with van der Waals surface area (Å²) in [6.45, 7) is 2.60. The van der Waals surface area contributed by atoms with E-state index in [1.807, 2.05) is 6.92 Å². The van der Waals surface area contributed by atoms with Crippen molar-refractivity contribution in [3.63, 3.8) is 0 Å². The Labute approximate surface area is 67.9 Å². The van der Waals surface area contributed by atoms with Gasteiger partial charge >= 0.3 is 5.97 Å². The van der Waals surface area contributed by atoms with Gasteiger partial charge in [-0.25, -0.2) is 0 Å². The third-order valence-electron chi connectivity index (χ3n) is 1.69. The smallest absolute Gasteiger partial charge is 0.308 e. The second-order valence-electron chi connectivity index (χ2n) is 2.59. The highest BCUT2D eigenvalue weighted by Crippen LogP contribution is 2.11. The Balaban J connectivity index is 3.76. The topological polar surface area (TPSA) is 52.3 Å². The first-order valence-electron chi connectivity index (χ1n) is 4.04. The zero-order valence-electron chi connectivity index (χ0n) is 7.30. The number of hydrogen-bond acceptors (Lipinski definition) is 3. The number of carbonyl (C=O) groups excluding carboxylic acids is 1. The van der Waals surface area contributed by atoms with Crippen molar-refractivity contribution >= 4 is 5.97 Å². The Morgan fingerprint density at radius 1 is 1.55 bits per heavy atom. The SMILES string of the molecule is CCCC(CCN)C(=O)OC. The van der Waals surface area contributed by atoms with E-state index in [-0.39, 0.29) is 11.9 Å². The largest absolute Gasteiger partial charge is 0.469 e. The number of methoxy groups -OCH3 is 1. The molecular formula is C8H17NO2. The van der Waals surface area contributed by atoms with Crippen LogP contribution in [0.3, 0.4) is 0 Å². The lowest BCUT2D eigenvalue weighted by Gasteiger charge is -2.11. The molecule has 3 heteroatoms. The summed E-state index contributed by atoms with van der Waals surface area (Å²) in [7, 11) is 1.42. The zero-order valence-corrected chi connectivity index (χ0v) is 7.30. The van der Waals surface area contributed by atoms with E-state index in [0.717, 1.165) is 19.3 Å². The van der Waals surface area contributed by atoms with Crippen LogP contribution in [0.15, 0.2) is 0 Å². The molecule has 1 unspecified atom stereocenters. The van der Waals surface area contributed by atoms with Gasteiger partial charge in [0.15, 0.2) is 0 Å². The maximum atomic E-state index is 11.0. The van der Waals surface area contributed by atoms with Gasteiger partial charge in [0.05, 0.1) is 13.0 Å². The van der Waals surface area contributed by atoms with E-state index >= 15 is 0 Å². The first-order chi connectivity index (χ1) is 5.26. The van der Waals surface area contributed by atoms with E-state index < -0.39 is 0 Å². The molecule has 2 N–H and O–H groups in total. The molecule has 3 nitrogen and oxygen atoms in total. The van der Waals surface area contributed by atoms with Crippen LogP contribution < -0.4 is 5.73 Å². The summed E-state index contributed by atoms with van der Waals surface area (Å²) in [4.78, 5) is 11.0. The van der Waals surface area contributed by atoms with Crippen molar-refractivity contribution < 1.29 is 9.53 Å². The number of hydrogen-bond donors (Lipinski definition) is 1. The van der Waals surface area contributed by atoms with Crippen LogP contribution in [0.25, 0.3) is 0 Å². The van der Waals surface area contributed by atoms with Gasteiger partial charge in [-0.15, -0.1) is 0 Å². The third kappa shape index (κ3) is 3.98. The molecule has 0 aromatic rings. The van der Waals surface area contributed by atoms with Crippen molar-refractivity contribution in [3.05, 3.63) is 0 Å². The van der Waals surface area contributed by atoms with E-state index in [1.54, 1.807) is 0 Å². The molecule has 0 aliphatic heterocycles. The highest BCUT2D eigenvalue weighted by molar-refractivity contribution is 5.72. The van der Waals surface area contributed by atoms with Gasteiger partial charge in [-0.2, -0.15) is 0 Å². The van der Waals surface area contributed by atoms with E-state index in [9.17, 15) is 4.79 Å². The van der Waals surface area contributed by atoms with Crippen molar-refractivity contribution in [1.29, 1.82) is 0 Å². The van der Waals surface area contributed by atoms with Crippen LogP contribution in [0.4, 0.5) is 0 Å². The number of carbonyl (C=O) groups is 1. The summed E-state index contributed by atoms with van der Waals surface area (Å²) in [6.07, 6.45) is 2.62. The zero-order chi connectivity index (χ0) is 8.69. The quantitative estimate of drug-likeness (QED) is 0.607. The lowest BCUT2D eigenvalue weighted by Crippen LogP contribution is -2.19. The molecule has 0 spiro atoms. The van der Waals surface area contributed by atoms with Gasteiger partial charge in [-0.3, -0.25) is 4.79 Å². The fourth-order valence-electron chi connectivity index (χ4n) is 1.10. The lowest BCUT2D eigenvalue weighted by molar-refractivity contribution is -0.145. The molecular weight excluding hydrogens is 142 g/mol. The van der Waals surface area contributed by atoms with E-state index in [0.29, 0.717) is 6.54 Å². The maximum absolute atomic E-state index is 11.0. The molecule has 0 saturated carbocycles. The molecule has 0 fully saturated rings. The summed E-state index contributed by atoms with van der Waals surface area (Å²) >= 11 is 0. The fraction of sp³-hybridized carbons (Fsp3) is 0.875. The van der Waals surface area contributed by atoms with Crippen LogP contribution >= 0.6 is 0 Å². The Hall–Kier alpha value is -0.570. The number of esters is 1. The Morgan fingerprint density at radius 3 is 2.55 bits per heavy atom. The standard InChI is InChI=1S/C8H17NO2/c1-3-4-7(5-6-9)8(10)11-2/h7H,3-6,9H2,1-2H3. The fourth-order valence-corrected chi connectivity index (χ4v) is 1.10. The predicted octanol–water partition coefficient (Wildman–Crippen LogP) is 0.924. The normalized spacial score (nSPS) is 12.6. The van der Waals surface area contributed by atoms with Gasteiger partial charge in [0, 0.05) is 0 Å². The van der Waals surface area contributed by atoms with E-state index in [4.69, 9.17) is 5.73 Å². The minimum atomic E-state index is -0.127. The Kier molecular flexibility index (Phi) is 5.84. The van der Waals surface area contributed by atoms with Crippen LogP contribution in [0.2, 0.25) is 0 Å². The second kappa shape index (κ2) is 6.16. The summed E-state index contributed by atoms with van der Waals surface area (Å²) in [5.41, 5.74) is 5.34. The first-order valence-corrected chi connectivity index (χ1v) is 4.04. The van der Waals surface area contributed by atoms with Crippen LogP contribution in [-0.2, 0) is 9.53 Å². The van der Waals surface area contributed by atoms with Crippen LogP contribution in [-0.4, -0.2) is 19.6 Å². The van der Waals surface area contributed by atoms with Crippen molar-refractivity contribution in [2.24, 2.45) is 11.7 Å². The molecule has 0 aliphatic rings. The summed E-state index contributed by atoms with van der Waals surface area (Å²) in [5.74, 6) is -0.118. The minimum Gasteiger partial charge on any atom is -0.469 e. The van der Waals surface area contributed by atoms with Gasteiger partial charge in [0.1, 0.15) is 0 Å². The average molecular weight is 159 g/mol. The maximum Gasteiger partial charge on any atom is 0.308 e. The van der Waals surface area contributed by atoms with Crippen LogP contribution in [0.5, 0.6) is 0 Å². The summed E-state index contributed by atoms with van der Waals surface area (Å²) in [5, 5.41) is 0. The average Bonchev–Trinajstić information content (AvgIpc) is 2.03. The molecule has 0 radical (unpaired) electrons. The molecule has 0 saturated heterocycles. The molecule has 0 heterocycles. The molecule has 1 atom stereocenters. The molecule has 66 valence electrons. The molecule has 0 amide bonds. The number of nitrogens with two attached hydrogens (primary N) is 1. The Bertz CT molecular complexity index is 109. The highest BCUT2D eigenvalue weighted by Gasteiger charge is 2.16. The minimum absolute atomic E-state index is 0.00926. The molecule has 0 aromatic carbocycles. The molecule has 0 bridgehead atoms. The second-order valence-corrected chi connectivity index (χ2v) is 2.59. The van der Waals surface area contributed by atoms with Gasteiger partial charge < -0.3 is 10.5 Å². The van der Waals surface area contributed by atoms with Gasteiger partial charge in [0.25, 0.3) is 0 Å². The van der Waals surface area contributed by atoms with Crippen LogP contribution in [0.1, 0.15) is 26.2 Å². The molecule has 0 rings (SSSR count). The predicted molar refractivity (Wildman–Crippen MR) is 44.1 cm³/mol. The highest BCUT2D eigenvalue weighted by atomic mass is 16.5. The monoisotopic (exact) mass is 159 g/mol. The molecule has 0 aliphatic carbocycles. The number of rotatable bonds is 5. The van der Waals surface area contributed by atoms with Crippen molar-refractivity contribution in [2.75, 3.05) is 13.7 Å². The third-order valence-corrected chi connectivity index (χ3v) is 1.69. The van der Waals surface area contributed by atoms with Gasteiger partial charge in [-0.1, -0.05) is 13.3 Å². The first kappa shape index (κ1) is 10.4. The molecule has 11 heavy (non-hydrogen) atoms. The van der Waals surface area contributed by atoms with E-state index in [2.05, 4.69) is 4.74 Å². The van der Waals surface area contributed by atoms with Gasteiger partial charge in [0.2, 0.25) is 0 Å². The lowest BCUT2D eigenvalue weighted by atomic mass is 10.0.